The maximum Gasteiger partial charge on any atom is 0.249 e. The van der Waals surface area contributed by atoms with Crippen LogP contribution in [0.15, 0.2) is 89.8 Å². The number of benzene rings is 2. The highest BCUT2D eigenvalue weighted by Gasteiger charge is 2.33. The Labute approximate surface area is 213 Å². The molecular weight excluding hydrogens is 468 g/mol. The topological polar surface area (TPSA) is 106 Å². The van der Waals surface area contributed by atoms with E-state index in [1.807, 2.05) is 56.3 Å². The van der Waals surface area contributed by atoms with Gasteiger partial charge >= 0.3 is 0 Å². The number of aromatic nitrogens is 4. The van der Waals surface area contributed by atoms with Gasteiger partial charge in [-0.1, -0.05) is 23.4 Å². The molecule has 0 aliphatic heterocycles. The summed E-state index contributed by atoms with van der Waals surface area (Å²) in [6.45, 7) is 4.02. The second-order valence-electron chi connectivity index (χ2n) is 8.83. The number of para-hydroxylation sites is 1. The monoisotopic (exact) mass is 494 g/mol. The van der Waals surface area contributed by atoms with E-state index >= 15 is 0 Å². The van der Waals surface area contributed by atoms with Crippen molar-refractivity contribution in [2.24, 2.45) is 0 Å². The molecule has 1 N–H and O–H groups in total. The molecule has 0 saturated heterocycles. The van der Waals surface area contributed by atoms with E-state index in [4.69, 9.17) is 4.42 Å². The number of amides is 2. The number of nitrogens with one attached hydrogen (secondary N) is 1. The van der Waals surface area contributed by atoms with Gasteiger partial charge in [0.15, 0.2) is 0 Å². The summed E-state index contributed by atoms with van der Waals surface area (Å²) < 4.78 is 6.93. The lowest BCUT2D eigenvalue weighted by Gasteiger charge is -2.32. The van der Waals surface area contributed by atoms with Crippen molar-refractivity contribution in [2.75, 3.05) is 4.90 Å². The third-order valence-corrected chi connectivity index (χ3v) is 6.00. The van der Waals surface area contributed by atoms with Gasteiger partial charge in [0.05, 0.1) is 18.3 Å². The normalized spacial score (nSPS) is 11.8. The average molecular weight is 495 g/mol. The van der Waals surface area contributed by atoms with Crippen LogP contribution in [-0.2, 0) is 22.7 Å². The molecule has 186 valence electrons. The van der Waals surface area contributed by atoms with Crippen LogP contribution in [-0.4, -0.2) is 31.8 Å². The summed E-state index contributed by atoms with van der Waals surface area (Å²) in [6, 6.07) is 19.3. The standard InChI is InChI=1S/C28H26N6O3/c1-19-14-20(2)16-22(15-19)34(26(35)18-33-25-8-4-3-7-24(25)31-32-33)27(21-9-11-29-12-10-21)28(36)30-17-23-6-5-13-37-23/h3-16,27H,17-18H2,1-2H3,(H,30,36). The molecule has 5 aromatic rings. The van der Waals surface area contributed by atoms with Crippen LogP contribution >= 0.6 is 0 Å². The van der Waals surface area contributed by atoms with Gasteiger partial charge in [-0.15, -0.1) is 5.10 Å². The fourth-order valence-electron chi connectivity index (χ4n) is 4.41. The molecule has 9 heteroatoms. The Kier molecular flexibility index (Phi) is 6.76. The van der Waals surface area contributed by atoms with Gasteiger partial charge in [-0.05, 0) is 79.1 Å². The van der Waals surface area contributed by atoms with E-state index in [0.717, 1.165) is 16.6 Å². The van der Waals surface area contributed by atoms with Crippen molar-refractivity contribution in [3.05, 3.63) is 108 Å². The Bertz CT molecular complexity index is 1510. The molecule has 0 saturated carbocycles. The van der Waals surface area contributed by atoms with Gasteiger partial charge in [0, 0.05) is 18.1 Å². The van der Waals surface area contributed by atoms with Crippen LogP contribution in [0.1, 0.15) is 28.5 Å². The maximum absolute atomic E-state index is 14.1. The van der Waals surface area contributed by atoms with Crippen LogP contribution in [0.25, 0.3) is 11.0 Å². The van der Waals surface area contributed by atoms with E-state index in [2.05, 4.69) is 20.6 Å². The molecule has 0 aliphatic carbocycles. The molecule has 0 aliphatic rings. The predicted molar refractivity (Wildman–Crippen MR) is 138 cm³/mol. The van der Waals surface area contributed by atoms with Gasteiger partial charge in [-0.2, -0.15) is 0 Å². The van der Waals surface area contributed by atoms with Crippen molar-refractivity contribution in [1.82, 2.24) is 25.3 Å². The summed E-state index contributed by atoms with van der Waals surface area (Å²) in [6.07, 6.45) is 4.77. The highest BCUT2D eigenvalue weighted by molar-refractivity contribution is 6.01. The Balaban J connectivity index is 1.57. The van der Waals surface area contributed by atoms with Crippen LogP contribution in [0.5, 0.6) is 0 Å². The molecule has 37 heavy (non-hydrogen) atoms. The molecule has 0 bridgehead atoms. The van der Waals surface area contributed by atoms with Crippen LogP contribution in [0.3, 0.4) is 0 Å². The first-order valence-corrected chi connectivity index (χ1v) is 11.9. The number of hydrogen-bond acceptors (Lipinski definition) is 6. The Hall–Kier alpha value is -4.79. The molecule has 1 unspecified atom stereocenters. The summed E-state index contributed by atoms with van der Waals surface area (Å²) >= 11 is 0. The number of hydrogen-bond donors (Lipinski definition) is 1. The fourth-order valence-corrected chi connectivity index (χ4v) is 4.41. The molecule has 9 nitrogen and oxygen atoms in total. The zero-order chi connectivity index (χ0) is 25.8. The Morgan fingerprint density at radius 1 is 1.00 bits per heavy atom. The molecule has 2 amide bonds. The molecule has 3 aromatic heterocycles. The van der Waals surface area contributed by atoms with E-state index in [1.165, 1.54) is 4.90 Å². The van der Waals surface area contributed by atoms with E-state index in [0.29, 0.717) is 22.5 Å². The van der Waals surface area contributed by atoms with Gasteiger partial charge in [0.25, 0.3) is 0 Å². The highest BCUT2D eigenvalue weighted by Crippen LogP contribution is 2.30. The lowest BCUT2D eigenvalue weighted by molar-refractivity contribution is -0.127. The third kappa shape index (κ3) is 5.25. The number of nitrogens with zero attached hydrogens (tertiary/aromatic N) is 5. The smallest absolute Gasteiger partial charge is 0.249 e. The maximum atomic E-state index is 14.1. The molecule has 1 atom stereocenters. The lowest BCUT2D eigenvalue weighted by Crippen LogP contribution is -2.45. The van der Waals surface area contributed by atoms with Gasteiger partial charge in [0.1, 0.15) is 23.9 Å². The summed E-state index contributed by atoms with van der Waals surface area (Å²) in [5.74, 6) is -0.0469. The second kappa shape index (κ2) is 10.4. The zero-order valence-corrected chi connectivity index (χ0v) is 20.5. The van der Waals surface area contributed by atoms with E-state index < -0.39 is 6.04 Å². The van der Waals surface area contributed by atoms with E-state index in [9.17, 15) is 9.59 Å². The molecule has 0 radical (unpaired) electrons. The van der Waals surface area contributed by atoms with Crippen LogP contribution in [0.4, 0.5) is 5.69 Å². The molecule has 3 heterocycles. The highest BCUT2D eigenvalue weighted by atomic mass is 16.3. The SMILES string of the molecule is Cc1cc(C)cc(N(C(=O)Cn2nnc3ccccc32)C(C(=O)NCc2ccco2)c2ccncc2)c1. The number of pyridine rings is 1. The predicted octanol–water partition coefficient (Wildman–Crippen LogP) is 4.13. The lowest BCUT2D eigenvalue weighted by atomic mass is 10.0. The van der Waals surface area contributed by atoms with Crippen LogP contribution in [0.2, 0.25) is 0 Å². The van der Waals surface area contributed by atoms with E-state index in [1.54, 1.807) is 47.6 Å². The first kappa shape index (κ1) is 23.9. The van der Waals surface area contributed by atoms with Crippen LogP contribution < -0.4 is 10.2 Å². The quantitative estimate of drug-likeness (QED) is 0.348. The number of carbonyl (C=O) groups is 2. The third-order valence-electron chi connectivity index (χ3n) is 6.00. The van der Waals surface area contributed by atoms with Crippen molar-refractivity contribution in [3.8, 4) is 0 Å². The number of fused-ring (bicyclic) bond motifs is 1. The number of anilines is 1. The fraction of sp³-hybridized carbons (Fsp3) is 0.179. The molecular formula is C28H26N6O3. The summed E-state index contributed by atoms with van der Waals surface area (Å²) in [5, 5.41) is 11.3. The van der Waals surface area contributed by atoms with Crippen LogP contribution in [0, 0.1) is 13.8 Å². The number of rotatable bonds is 8. The largest absolute Gasteiger partial charge is 0.467 e. The van der Waals surface area contributed by atoms with Gasteiger partial charge in [-0.3, -0.25) is 19.5 Å². The van der Waals surface area contributed by atoms with Crippen molar-refractivity contribution in [3.63, 3.8) is 0 Å². The van der Waals surface area contributed by atoms with Gasteiger partial charge < -0.3 is 9.73 Å². The van der Waals surface area contributed by atoms with Gasteiger partial charge in [0.2, 0.25) is 11.8 Å². The average Bonchev–Trinajstić information content (AvgIpc) is 3.56. The Morgan fingerprint density at radius 3 is 2.49 bits per heavy atom. The van der Waals surface area contributed by atoms with E-state index in [-0.39, 0.29) is 24.9 Å². The molecule has 5 rings (SSSR count). The van der Waals surface area contributed by atoms with Crippen molar-refractivity contribution < 1.29 is 14.0 Å². The first-order valence-electron chi connectivity index (χ1n) is 11.9. The minimum Gasteiger partial charge on any atom is -0.467 e. The minimum absolute atomic E-state index is 0.0967. The summed E-state index contributed by atoms with van der Waals surface area (Å²) in [4.78, 5) is 33.4. The van der Waals surface area contributed by atoms with Crippen molar-refractivity contribution >= 4 is 28.5 Å². The minimum atomic E-state index is -0.957. The van der Waals surface area contributed by atoms with Crippen molar-refractivity contribution in [1.29, 1.82) is 0 Å². The molecule has 2 aromatic carbocycles. The molecule has 0 spiro atoms. The Morgan fingerprint density at radius 2 is 1.76 bits per heavy atom. The second-order valence-corrected chi connectivity index (χ2v) is 8.83. The molecule has 0 fully saturated rings. The summed E-state index contributed by atoms with van der Waals surface area (Å²) in [7, 11) is 0. The van der Waals surface area contributed by atoms with Crippen molar-refractivity contribution in [2.45, 2.75) is 33.0 Å². The van der Waals surface area contributed by atoms with Gasteiger partial charge in [-0.25, -0.2) is 4.68 Å². The number of carbonyl (C=O) groups excluding carboxylic acids is 2. The summed E-state index contributed by atoms with van der Waals surface area (Å²) in [5.41, 5.74) is 4.62. The number of furan rings is 1. The zero-order valence-electron chi connectivity index (χ0n) is 20.5. The first-order chi connectivity index (χ1) is 18.0. The number of aryl methyl sites for hydroxylation is 2.